The first-order valence-electron chi connectivity index (χ1n) is 9.15. The second-order valence-electron chi connectivity index (χ2n) is 6.87. The van der Waals surface area contributed by atoms with Crippen LogP contribution in [0.5, 0.6) is 5.75 Å². The van der Waals surface area contributed by atoms with Crippen molar-refractivity contribution in [2.75, 3.05) is 26.2 Å². The molecule has 150 valence electrons. The number of aromatic nitrogens is 1. The van der Waals surface area contributed by atoms with Crippen molar-refractivity contribution in [3.05, 3.63) is 58.4 Å². The summed E-state index contributed by atoms with van der Waals surface area (Å²) in [6.45, 7) is 3.67. The molecular weight excluding hydrogens is 368 g/mol. The molecule has 6 nitrogen and oxygen atoms in total. The second kappa shape index (κ2) is 8.62. The number of hydrogen-bond donors (Lipinski definition) is 2. The fraction of sp³-hybridized carbons (Fsp3) is 0.400. The Labute approximate surface area is 162 Å². The molecule has 2 aromatic rings. The third-order valence-electron chi connectivity index (χ3n) is 5.03. The summed E-state index contributed by atoms with van der Waals surface area (Å²) in [5, 5.41) is 19.8. The van der Waals surface area contributed by atoms with Crippen molar-refractivity contribution in [3.63, 3.8) is 0 Å². The minimum Gasteiger partial charge on any atom is -0.506 e. The number of amides is 1. The minimum absolute atomic E-state index is 0.0529. The number of rotatable bonds is 4. The van der Waals surface area contributed by atoms with Crippen LogP contribution in [0, 0.1) is 18.6 Å². The predicted molar refractivity (Wildman–Crippen MR) is 98.7 cm³/mol. The lowest BCUT2D eigenvalue weighted by Gasteiger charge is -2.23. The van der Waals surface area contributed by atoms with E-state index in [9.17, 15) is 23.8 Å². The van der Waals surface area contributed by atoms with Gasteiger partial charge in [0.2, 0.25) is 0 Å². The van der Waals surface area contributed by atoms with Crippen LogP contribution in [0.25, 0.3) is 0 Å². The summed E-state index contributed by atoms with van der Waals surface area (Å²) in [7, 11) is 0. The van der Waals surface area contributed by atoms with Crippen molar-refractivity contribution in [2.24, 2.45) is 0 Å². The van der Waals surface area contributed by atoms with E-state index in [1.165, 1.54) is 11.0 Å². The van der Waals surface area contributed by atoms with E-state index < -0.39 is 23.1 Å². The fourth-order valence-electron chi connectivity index (χ4n) is 3.41. The average molecular weight is 391 g/mol. The molecule has 1 aliphatic heterocycles. The highest BCUT2D eigenvalue weighted by atomic mass is 19.1. The zero-order chi connectivity index (χ0) is 20.3. The Bertz CT molecular complexity index is 856. The van der Waals surface area contributed by atoms with E-state index in [4.69, 9.17) is 0 Å². The maximum absolute atomic E-state index is 13.9. The number of hydrogen-bond acceptors (Lipinski definition) is 5. The summed E-state index contributed by atoms with van der Waals surface area (Å²) in [4.78, 5) is 20.1. The number of pyridine rings is 1. The highest BCUT2D eigenvalue weighted by Gasteiger charge is 2.26. The van der Waals surface area contributed by atoms with Gasteiger partial charge in [-0.05, 0) is 25.5 Å². The highest BCUT2D eigenvalue weighted by molar-refractivity contribution is 5.94. The van der Waals surface area contributed by atoms with Crippen LogP contribution < -0.4 is 0 Å². The summed E-state index contributed by atoms with van der Waals surface area (Å²) >= 11 is 0. The van der Waals surface area contributed by atoms with Crippen LogP contribution >= 0.6 is 0 Å². The molecule has 1 aliphatic rings. The normalized spacial score (nSPS) is 15.5. The maximum atomic E-state index is 13.9. The van der Waals surface area contributed by atoms with Gasteiger partial charge in [-0.15, -0.1) is 0 Å². The average Bonchev–Trinajstić information content (AvgIpc) is 2.91. The van der Waals surface area contributed by atoms with Crippen LogP contribution in [0.3, 0.4) is 0 Å². The van der Waals surface area contributed by atoms with Gasteiger partial charge in [0.1, 0.15) is 22.9 Å². The minimum atomic E-state index is -0.865. The molecule has 28 heavy (non-hydrogen) atoms. The van der Waals surface area contributed by atoms with Crippen LogP contribution in [0.4, 0.5) is 8.78 Å². The molecule has 1 fully saturated rings. The SMILES string of the molecule is Cc1ncc(CO)c(CN2CCCN(C(=O)c3c(F)cccc3F)CC2)c1O. The van der Waals surface area contributed by atoms with Gasteiger partial charge >= 0.3 is 0 Å². The van der Waals surface area contributed by atoms with E-state index in [-0.39, 0.29) is 12.4 Å². The number of aliphatic hydroxyl groups excluding tert-OH is 1. The lowest BCUT2D eigenvalue weighted by atomic mass is 10.1. The Hall–Kier alpha value is -2.58. The molecule has 2 heterocycles. The molecule has 1 aromatic heterocycles. The Kier molecular flexibility index (Phi) is 6.21. The molecule has 0 spiro atoms. The van der Waals surface area contributed by atoms with E-state index in [2.05, 4.69) is 4.98 Å². The van der Waals surface area contributed by atoms with E-state index >= 15 is 0 Å². The van der Waals surface area contributed by atoms with E-state index in [0.717, 1.165) is 12.1 Å². The molecular formula is C20H23F2N3O3. The van der Waals surface area contributed by atoms with Crippen molar-refractivity contribution in [3.8, 4) is 5.75 Å². The Balaban J connectivity index is 1.73. The first-order valence-corrected chi connectivity index (χ1v) is 9.15. The van der Waals surface area contributed by atoms with Crippen LogP contribution in [0.1, 0.15) is 33.6 Å². The van der Waals surface area contributed by atoms with Crippen LogP contribution in [-0.4, -0.2) is 57.1 Å². The molecule has 8 heteroatoms. The smallest absolute Gasteiger partial charge is 0.259 e. The number of carbonyl (C=O) groups is 1. The van der Waals surface area contributed by atoms with Crippen molar-refractivity contribution in [2.45, 2.75) is 26.5 Å². The molecule has 1 aromatic carbocycles. The molecule has 0 radical (unpaired) electrons. The monoisotopic (exact) mass is 391 g/mol. The van der Waals surface area contributed by atoms with Gasteiger partial charge in [0.05, 0.1) is 12.3 Å². The van der Waals surface area contributed by atoms with Gasteiger partial charge in [0.25, 0.3) is 5.91 Å². The van der Waals surface area contributed by atoms with Crippen LogP contribution in [0.15, 0.2) is 24.4 Å². The number of carbonyl (C=O) groups excluding carboxylic acids is 1. The number of halogens is 2. The lowest BCUT2D eigenvalue weighted by molar-refractivity contribution is 0.0751. The van der Waals surface area contributed by atoms with Gasteiger partial charge in [-0.3, -0.25) is 14.7 Å². The predicted octanol–water partition coefficient (Wildman–Crippen LogP) is 2.21. The lowest BCUT2D eigenvalue weighted by Crippen LogP contribution is -2.36. The van der Waals surface area contributed by atoms with E-state index in [1.54, 1.807) is 13.1 Å². The van der Waals surface area contributed by atoms with Crippen molar-refractivity contribution in [1.29, 1.82) is 0 Å². The summed E-state index contributed by atoms with van der Waals surface area (Å²) in [5.41, 5.74) is 1.11. The molecule has 1 saturated heterocycles. The van der Waals surface area contributed by atoms with E-state index in [0.29, 0.717) is 56.0 Å². The van der Waals surface area contributed by atoms with Crippen molar-refractivity contribution < 1.29 is 23.8 Å². The highest BCUT2D eigenvalue weighted by Crippen LogP contribution is 2.26. The summed E-state index contributed by atoms with van der Waals surface area (Å²) in [6, 6.07) is 3.38. The fourth-order valence-corrected chi connectivity index (χ4v) is 3.41. The van der Waals surface area contributed by atoms with Gasteiger partial charge in [0, 0.05) is 50.0 Å². The molecule has 0 bridgehead atoms. The molecule has 0 aliphatic carbocycles. The molecule has 0 unspecified atom stereocenters. The standard InChI is InChI=1S/C20H23F2N3O3/c1-13-19(27)15(14(12-26)10-23-13)11-24-6-3-7-25(9-8-24)20(28)18-16(21)4-2-5-17(18)22/h2,4-5,10,26-27H,3,6-9,11-12H2,1H3. The number of aromatic hydroxyl groups is 1. The number of nitrogens with zero attached hydrogens (tertiary/aromatic N) is 3. The van der Waals surface area contributed by atoms with Crippen molar-refractivity contribution in [1.82, 2.24) is 14.8 Å². The van der Waals surface area contributed by atoms with Gasteiger partial charge in [-0.1, -0.05) is 6.07 Å². The van der Waals surface area contributed by atoms with Gasteiger partial charge in [-0.25, -0.2) is 8.78 Å². The van der Waals surface area contributed by atoms with Gasteiger partial charge in [0.15, 0.2) is 0 Å². The third-order valence-corrected chi connectivity index (χ3v) is 5.03. The number of benzene rings is 1. The Morgan fingerprint density at radius 2 is 1.89 bits per heavy atom. The second-order valence-corrected chi connectivity index (χ2v) is 6.87. The first kappa shape index (κ1) is 20.2. The third kappa shape index (κ3) is 4.13. The van der Waals surface area contributed by atoms with Crippen LogP contribution in [0.2, 0.25) is 0 Å². The summed E-state index contributed by atoms with van der Waals surface area (Å²) in [5.74, 6) is -2.33. The Morgan fingerprint density at radius 1 is 1.18 bits per heavy atom. The van der Waals surface area contributed by atoms with E-state index in [1.807, 2.05) is 4.90 Å². The summed E-state index contributed by atoms with van der Waals surface area (Å²) < 4.78 is 27.9. The summed E-state index contributed by atoms with van der Waals surface area (Å²) in [6.07, 6.45) is 2.17. The molecule has 3 rings (SSSR count). The topological polar surface area (TPSA) is 76.9 Å². The first-order chi connectivity index (χ1) is 13.4. The van der Waals surface area contributed by atoms with Crippen LogP contribution in [-0.2, 0) is 13.2 Å². The van der Waals surface area contributed by atoms with Crippen molar-refractivity contribution >= 4 is 5.91 Å². The molecule has 1 amide bonds. The molecule has 2 N–H and O–H groups in total. The van der Waals surface area contributed by atoms with Gasteiger partial charge in [-0.2, -0.15) is 0 Å². The zero-order valence-electron chi connectivity index (χ0n) is 15.7. The number of aryl methyl sites for hydroxylation is 1. The number of aliphatic hydroxyl groups is 1. The largest absolute Gasteiger partial charge is 0.506 e. The zero-order valence-corrected chi connectivity index (χ0v) is 15.7. The van der Waals surface area contributed by atoms with Gasteiger partial charge < -0.3 is 15.1 Å². The molecule has 0 atom stereocenters. The Morgan fingerprint density at radius 3 is 2.57 bits per heavy atom. The quantitative estimate of drug-likeness (QED) is 0.836. The molecule has 0 saturated carbocycles. The maximum Gasteiger partial charge on any atom is 0.259 e.